The summed E-state index contributed by atoms with van der Waals surface area (Å²) in [4.78, 5) is 27.2. The Morgan fingerprint density at radius 3 is 2.47 bits per heavy atom. The fourth-order valence-corrected chi connectivity index (χ4v) is 2.02. The molecule has 0 aliphatic carbocycles. The number of aromatic nitrogens is 1. The summed E-state index contributed by atoms with van der Waals surface area (Å²) >= 11 is 0. The Bertz CT molecular complexity index is 461. The minimum absolute atomic E-state index is 0.0744. The van der Waals surface area contributed by atoms with Crippen molar-refractivity contribution in [1.29, 1.82) is 0 Å². The number of ether oxygens (including phenoxy) is 3. The van der Waals surface area contributed by atoms with Crippen molar-refractivity contribution >= 4 is 11.9 Å². The molecule has 1 aliphatic heterocycles. The SMILES string of the molecule is COC(=O)c1nc(C2CCOC2C)oc1C(=O)OC. The van der Waals surface area contributed by atoms with Gasteiger partial charge in [0.05, 0.1) is 26.2 Å². The van der Waals surface area contributed by atoms with Crippen molar-refractivity contribution in [2.24, 2.45) is 0 Å². The number of hydrogen-bond acceptors (Lipinski definition) is 7. The largest absolute Gasteiger partial charge is 0.464 e. The van der Waals surface area contributed by atoms with E-state index in [1.54, 1.807) is 0 Å². The Morgan fingerprint density at radius 2 is 1.95 bits per heavy atom. The van der Waals surface area contributed by atoms with E-state index in [-0.39, 0.29) is 23.5 Å². The van der Waals surface area contributed by atoms with E-state index < -0.39 is 11.9 Å². The minimum Gasteiger partial charge on any atom is -0.464 e. The molecule has 1 saturated heterocycles. The van der Waals surface area contributed by atoms with Crippen LogP contribution in [0.5, 0.6) is 0 Å². The molecule has 19 heavy (non-hydrogen) atoms. The predicted molar refractivity (Wildman–Crippen MR) is 62.0 cm³/mol. The van der Waals surface area contributed by atoms with Crippen LogP contribution in [0.3, 0.4) is 0 Å². The lowest BCUT2D eigenvalue weighted by molar-refractivity contribution is 0.0524. The van der Waals surface area contributed by atoms with E-state index in [1.807, 2.05) is 6.92 Å². The minimum atomic E-state index is -0.759. The lowest BCUT2D eigenvalue weighted by Gasteiger charge is -2.08. The van der Waals surface area contributed by atoms with Gasteiger partial charge in [-0.2, -0.15) is 0 Å². The number of esters is 2. The third-order valence-corrected chi connectivity index (χ3v) is 3.09. The normalized spacial score (nSPS) is 22.3. The molecular formula is C12H15NO6. The monoisotopic (exact) mass is 269 g/mol. The maximum Gasteiger partial charge on any atom is 0.376 e. The zero-order valence-electron chi connectivity index (χ0n) is 11.0. The van der Waals surface area contributed by atoms with Gasteiger partial charge in [0.15, 0.2) is 0 Å². The third kappa shape index (κ3) is 2.46. The number of hydrogen-bond donors (Lipinski definition) is 0. The van der Waals surface area contributed by atoms with Crippen molar-refractivity contribution < 1.29 is 28.2 Å². The molecule has 7 heteroatoms. The number of rotatable bonds is 3. The summed E-state index contributed by atoms with van der Waals surface area (Å²) in [5, 5.41) is 0. The molecule has 7 nitrogen and oxygen atoms in total. The second-order valence-electron chi connectivity index (χ2n) is 4.18. The van der Waals surface area contributed by atoms with Gasteiger partial charge < -0.3 is 18.6 Å². The second-order valence-corrected chi connectivity index (χ2v) is 4.18. The Labute approximate surface area is 109 Å². The lowest BCUT2D eigenvalue weighted by Crippen LogP contribution is -2.11. The van der Waals surface area contributed by atoms with E-state index in [0.29, 0.717) is 12.5 Å². The van der Waals surface area contributed by atoms with Crippen molar-refractivity contribution in [2.45, 2.75) is 25.4 Å². The Kier molecular flexibility index (Phi) is 3.84. The van der Waals surface area contributed by atoms with E-state index in [0.717, 1.165) is 6.42 Å². The molecule has 2 atom stereocenters. The Hall–Kier alpha value is -1.89. The highest BCUT2D eigenvalue weighted by Crippen LogP contribution is 2.31. The average molecular weight is 269 g/mol. The second kappa shape index (κ2) is 5.40. The Morgan fingerprint density at radius 1 is 1.26 bits per heavy atom. The van der Waals surface area contributed by atoms with E-state index in [9.17, 15) is 9.59 Å². The molecule has 0 amide bonds. The Balaban J connectivity index is 2.39. The molecule has 1 aliphatic rings. The highest BCUT2D eigenvalue weighted by molar-refractivity contribution is 5.99. The molecule has 0 saturated carbocycles. The summed E-state index contributed by atoms with van der Waals surface area (Å²) in [6, 6.07) is 0. The quantitative estimate of drug-likeness (QED) is 0.760. The van der Waals surface area contributed by atoms with Gasteiger partial charge in [-0.05, 0) is 13.3 Å². The van der Waals surface area contributed by atoms with Crippen LogP contribution in [0.15, 0.2) is 4.42 Å². The van der Waals surface area contributed by atoms with E-state index >= 15 is 0 Å². The third-order valence-electron chi connectivity index (χ3n) is 3.09. The lowest BCUT2D eigenvalue weighted by atomic mass is 10.0. The molecule has 0 aromatic carbocycles. The van der Waals surface area contributed by atoms with E-state index in [4.69, 9.17) is 9.15 Å². The molecule has 0 radical (unpaired) electrons. The van der Waals surface area contributed by atoms with Crippen LogP contribution >= 0.6 is 0 Å². The summed E-state index contributed by atoms with van der Waals surface area (Å²) in [6.07, 6.45) is 0.651. The van der Waals surface area contributed by atoms with Crippen LogP contribution in [0.25, 0.3) is 0 Å². The fraction of sp³-hybridized carbons (Fsp3) is 0.583. The predicted octanol–water partition coefficient (Wildman–Crippen LogP) is 1.14. The first-order valence-electron chi connectivity index (χ1n) is 5.87. The standard InChI is InChI=1S/C12H15NO6/c1-6-7(4-5-18-6)10-13-8(11(14)16-2)9(19-10)12(15)17-3/h6-7H,4-5H2,1-3H3. The molecule has 2 rings (SSSR count). The van der Waals surface area contributed by atoms with Crippen LogP contribution in [-0.4, -0.2) is 43.9 Å². The first kappa shape index (κ1) is 13.5. The average Bonchev–Trinajstić information content (AvgIpc) is 3.02. The topological polar surface area (TPSA) is 87.9 Å². The van der Waals surface area contributed by atoms with Crippen molar-refractivity contribution in [1.82, 2.24) is 4.98 Å². The molecule has 2 unspecified atom stereocenters. The first-order chi connectivity index (χ1) is 9.08. The molecule has 0 N–H and O–H groups in total. The molecule has 1 aromatic heterocycles. The number of methoxy groups -OCH3 is 2. The van der Waals surface area contributed by atoms with Crippen LogP contribution in [0.2, 0.25) is 0 Å². The van der Waals surface area contributed by atoms with Gasteiger partial charge in [-0.1, -0.05) is 0 Å². The van der Waals surface area contributed by atoms with Gasteiger partial charge in [0, 0.05) is 6.61 Å². The smallest absolute Gasteiger partial charge is 0.376 e. The van der Waals surface area contributed by atoms with Crippen LogP contribution in [0.4, 0.5) is 0 Å². The van der Waals surface area contributed by atoms with Gasteiger partial charge in [-0.3, -0.25) is 0 Å². The van der Waals surface area contributed by atoms with E-state index in [1.165, 1.54) is 14.2 Å². The number of oxazole rings is 1. The van der Waals surface area contributed by atoms with E-state index in [2.05, 4.69) is 14.5 Å². The molecule has 104 valence electrons. The molecule has 0 bridgehead atoms. The molecular weight excluding hydrogens is 254 g/mol. The molecule has 1 aromatic rings. The van der Waals surface area contributed by atoms with Gasteiger partial charge in [0.1, 0.15) is 0 Å². The molecule has 0 spiro atoms. The van der Waals surface area contributed by atoms with Gasteiger partial charge in [0.2, 0.25) is 17.3 Å². The molecule has 1 fully saturated rings. The fourth-order valence-electron chi connectivity index (χ4n) is 2.02. The number of carbonyl (C=O) groups is 2. The summed E-state index contributed by atoms with van der Waals surface area (Å²) < 4.78 is 19.9. The van der Waals surface area contributed by atoms with Gasteiger partial charge in [-0.15, -0.1) is 0 Å². The van der Waals surface area contributed by atoms with Crippen LogP contribution in [-0.2, 0) is 14.2 Å². The number of carbonyl (C=O) groups excluding carboxylic acids is 2. The first-order valence-corrected chi connectivity index (χ1v) is 5.87. The van der Waals surface area contributed by atoms with Gasteiger partial charge >= 0.3 is 11.9 Å². The summed E-state index contributed by atoms with van der Waals surface area (Å²) in [7, 11) is 2.41. The van der Waals surface area contributed by atoms with Crippen LogP contribution < -0.4 is 0 Å². The maximum atomic E-state index is 11.6. The summed E-state index contributed by atoms with van der Waals surface area (Å²) in [6.45, 7) is 2.48. The van der Waals surface area contributed by atoms with Crippen molar-refractivity contribution in [3.8, 4) is 0 Å². The summed E-state index contributed by atoms with van der Waals surface area (Å²) in [5.41, 5.74) is -0.163. The molecule has 2 heterocycles. The van der Waals surface area contributed by atoms with Crippen LogP contribution in [0.1, 0.15) is 46.2 Å². The highest BCUT2D eigenvalue weighted by Gasteiger charge is 2.34. The van der Waals surface area contributed by atoms with Crippen LogP contribution in [0, 0.1) is 0 Å². The zero-order valence-corrected chi connectivity index (χ0v) is 11.0. The number of nitrogens with zero attached hydrogens (tertiary/aromatic N) is 1. The van der Waals surface area contributed by atoms with Crippen molar-refractivity contribution in [3.63, 3.8) is 0 Å². The van der Waals surface area contributed by atoms with Crippen molar-refractivity contribution in [2.75, 3.05) is 20.8 Å². The van der Waals surface area contributed by atoms with Gasteiger partial charge in [0.25, 0.3) is 0 Å². The highest BCUT2D eigenvalue weighted by atomic mass is 16.5. The zero-order chi connectivity index (χ0) is 14.0. The maximum absolute atomic E-state index is 11.6. The van der Waals surface area contributed by atoms with Gasteiger partial charge in [-0.25, -0.2) is 14.6 Å². The van der Waals surface area contributed by atoms with Crippen molar-refractivity contribution in [3.05, 3.63) is 17.3 Å². The summed E-state index contributed by atoms with van der Waals surface area (Å²) in [5.74, 6) is -1.51.